The van der Waals surface area contributed by atoms with Gasteiger partial charge in [-0.3, -0.25) is 4.79 Å². The van der Waals surface area contributed by atoms with Crippen molar-refractivity contribution in [1.29, 1.82) is 0 Å². The number of hydrogen-bond donors (Lipinski definition) is 3. The van der Waals surface area contributed by atoms with Crippen LogP contribution in [-0.2, 0) is 4.79 Å². The predicted molar refractivity (Wildman–Crippen MR) is 69.6 cm³/mol. The SMILES string of the molecule is CC[C@H](NC(=O)c1cccc2c1OCCN2)C(=O)O. The zero-order valence-corrected chi connectivity index (χ0v) is 10.6. The number of benzene rings is 1. The molecule has 2 rings (SSSR count). The van der Waals surface area contributed by atoms with E-state index in [-0.39, 0.29) is 0 Å². The molecule has 0 bridgehead atoms. The summed E-state index contributed by atoms with van der Waals surface area (Å²) in [6, 6.07) is 4.28. The van der Waals surface area contributed by atoms with Crippen molar-refractivity contribution in [2.45, 2.75) is 19.4 Å². The summed E-state index contributed by atoms with van der Waals surface area (Å²) in [6.07, 6.45) is 0.329. The Labute approximate surface area is 110 Å². The molecular weight excluding hydrogens is 248 g/mol. The van der Waals surface area contributed by atoms with Gasteiger partial charge in [-0.25, -0.2) is 4.79 Å². The largest absolute Gasteiger partial charge is 0.489 e. The molecule has 0 saturated carbocycles. The van der Waals surface area contributed by atoms with Crippen molar-refractivity contribution in [2.75, 3.05) is 18.5 Å². The van der Waals surface area contributed by atoms with Crippen LogP contribution in [0, 0.1) is 0 Å². The Morgan fingerprint density at radius 1 is 1.53 bits per heavy atom. The highest BCUT2D eigenvalue weighted by molar-refractivity contribution is 6.00. The summed E-state index contributed by atoms with van der Waals surface area (Å²) >= 11 is 0. The first kappa shape index (κ1) is 13.2. The molecule has 6 nitrogen and oxygen atoms in total. The molecule has 0 unspecified atom stereocenters. The molecule has 0 aromatic heterocycles. The Hall–Kier alpha value is -2.24. The van der Waals surface area contributed by atoms with Crippen molar-refractivity contribution >= 4 is 17.6 Å². The summed E-state index contributed by atoms with van der Waals surface area (Å²) in [5.74, 6) is -0.999. The molecule has 0 spiro atoms. The number of carbonyl (C=O) groups excluding carboxylic acids is 1. The van der Waals surface area contributed by atoms with Crippen LogP contribution in [-0.4, -0.2) is 36.2 Å². The number of anilines is 1. The maximum absolute atomic E-state index is 12.1. The summed E-state index contributed by atoms with van der Waals surface area (Å²) in [4.78, 5) is 23.0. The van der Waals surface area contributed by atoms with Crippen LogP contribution in [0.3, 0.4) is 0 Å². The number of hydrogen-bond acceptors (Lipinski definition) is 4. The summed E-state index contributed by atoms with van der Waals surface area (Å²) in [5.41, 5.74) is 1.10. The van der Waals surface area contributed by atoms with Crippen LogP contribution < -0.4 is 15.4 Å². The van der Waals surface area contributed by atoms with Crippen LogP contribution in [0.15, 0.2) is 18.2 Å². The molecule has 1 aromatic carbocycles. The van der Waals surface area contributed by atoms with Crippen LogP contribution in [0.5, 0.6) is 5.75 Å². The van der Waals surface area contributed by atoms with Gasteiger partial charge in [0.25, 0.3) is 5.91 Å². The van der Waals surface area contributed by atoms with E-state index in [1.54, 1.807) is 19.1 Å². The number of carboxylic acids is 1. The number of carbonyl (C=O) groups is 2. The van der Waals surface area contributed by atoms with Gasteiger partial charge < -0.3 is 20.5 Å². The predicted octanol–water partition coefficient (Wildman–Crippen LogP) is 1.08. The number of amides is 1. The molecule has 1 atom stereocenters. The number of rotatable bonds is 4. The lowest BCUT2D eigenvalue weighted by Crippen LogP contribution is -2.40. The molecule has 0 aliphatic carbocycles. The fourth-order valence-corrected chi connectivity index (χ4v) is 1.92. The minimum absolute atomic E-state index is 0.329. The standard InChI is InChI=1S/C13H16N2O4/c1-2-9(13(17)18)15-12(16)8-4-3-5-10-11(8)19-7-6-14-10/h3-5,9,14H,2,6-7H2,1H3,(H,15,16)(H,17,18)/t9-/m0/s1. The lowest BCUT2D eigenvalue weighted by Gasteiger charge is -2.22. The van der Waals surface area contributed by atoms with Gasteiger partial charge in [0, 0.05) is 6.54 Å². The molecule has 1 amide bonds. The molecule has 0 saturated heterocycles. The van der Waals surface area contributed by atoms with E-state index in [1.807, 2.05) is 6.07 Å². The summed E-state index contributed by atoms with van der Waals surface area (Å²) < 4.78 is 5.48. The van der Waals surface area contributed by atoms with Crippen molar-refractivity contribution < 1.29 is 19.4 Å². The van der Waals surface area contributed by atoms with Crippen molar-refractivity contribution in [2.24, 2.45) is 0 Å². The van der Waals surface area contributed by atoms with Gasteiger partial charge in [-0.05, 0) is 18.6 Å². The highest BCUT2D eigenvalue weighted by Crippen LogP contribution is 2.31. The van der Waals surface area contributed by atoms with E-state index in [1.165, 1.54) is 0 Å². The highest BCUT2D eigenvalue weighted by Gasteiger charge is 2.23. The number of carboxylic acid groups (broad SMARTS) is 1. The number of para-hydroxylation sites is 1. The monoisotopic (exact) mass is 264 g/mol. The first-order valence-corrected chi connectivity index (χ1v) is 6.16. The number of aliphatic carboxylic acids is 1. The van der Waals surface area contributed by atoms with Crippen molar-refractivity contribution in [3.63, 3.8) is 0 Å². The summed E-state index contributed by atoms with van der Waals surface area (Å²) in [6.45, 7) is 2.87. The Balaban J connectivity index is 2.22. The van der Waals surface area contributed by atoms with Gasteiger partial charge >= 0.3 is 5.97 Å². The van der Waals surface area contributed by atoms with Gasteiger partial charge in [-0.1, -0.05) is 13.0 Å². The second-order valence-corrected chi connectivity index (χ2v) is 4.23. The summed E-state index contributed by atoms with van der Waals surface area (Å²) in [5, 5.41) is 14.6. The van der Waals surface area contributed by atoms with Gasteiger partial charge in [-0.2, -0.15) is 0 Å². The Morgan fingerprint density at radius 3 is 3.00 bits per heavy atom. The lowest BCUT2D eigenvalue weighted by atomic mass is 10.1. The number of nitrogens with one attached hydrogen (secondary N) is 2. The topological polar surface area (TPSA) is 87.7 Å². The smallest absolute Gasteiger partial charge is 0.326 e. The van der Waals surface area contributed by atoms with Crippen LogP contribution >= 0.6 is 0 Å². The Kier molecular flexibility index (Phi) is 3.89. The minimum atomic E-state index is -1.04. The first-order valence-electron chi connectivity index (χ1n) is 6.16. The molecule has 1 aromatic rings. The Bertz CT molecular complexity index is 501. The van der Waals surface area contributed by atoms with Gasteiger partial charge in [0.2, 0.25) is 0 Å². The molecule has 6 heteroatoms. The molecule has 1 aliphatic heterocycles. The quantitative estimate of drug-likeness (QED) is 0.757. The normalized spacial score (nSPS) is 14.6. The summed E-state index contributed by atoms with van der Waals surface area (Å²) in [7, 11) is 0. The zero-order chi connectivity index (χ0) is 13.8. The van der Waals surface area contributed by atoms with E-state index >= 15 is 0 Å². The molecule has 102 valence electrons. The third-order valence-corrected chi connectivity index (χ3v) is 2.94. The van der Waals surface area contributed by atoms with Gasteiger partial charge in [0.15, 0.2) is 5.75 Å². The van der Waals surface area contributed by atoms with E-state index in [2.05, 4.69) is 10.6 Å². The molecular formula is C13H16N2O4. The van der Waals surface area contributed by atoms with Gasteiger partial charge in [-0.15, -0.1) is 0 Å². The molecule has 19 heavy (non-hydrogen) atoms. The second kappa shape index (κ2) is 5.60. The molecule has 1 heterocycles. The zero-order valence-electron chi connectivity index (χ0n) is 10.6. The van der Waals surface area contributed by atoms with Crippen molar-refractivity contribution in [3.8, 4) is 5.75 Å². The van der Waals surface area contributed by atoms with E-state index in [0.717, 1.165) is 5.69 Å². The molecule has 1 aliphatic rings. The Morgan fingerprint density at radius 2 is 2.32 bits per heavy atom. The maximum Gasteiger partial charge on any atom is 0.326 e. The third-order valence-electron chi connectivity index (χ3n) is 2.94. The van der Waals surface area contributed by atoms with E-state index in [4.69, 9.17) is 9.84 Å². The van der Waals surface area contributed by atoms with Crippen molar-refractivity contribution in [3.05, 3.63) is 23.8 Å². The van der Waals surface area contributed by atoms with E-state index in [0.29, 0.717) is 30.9 Å². The molecule has 0 radical (unpaired) electrons. The van der Waals surface area contributed by atoms with Crippen LogP contribution in [0.2, 0.25) is 0 Å². The highest BCUT2D eigenvalue weighted by atomic mass is 16.5. The number of fused-ring (bicyclic) bond motifs is 1. The minimum Gasteiger partial charge on any atom is -0.489 e. The van der Waals surface area contributed by atoms with E-state index < -0.39 is 17.9 Å². The second-order valence-electron chi connectivity index (χ2n) is 4.23. The number of ether oxygens (including phenoxy) is 1. The van der Waals surface area contributed by atoms with Crippen LogP contribution in [0.25, 0.3) is 0 Å². The fourth-order valence-electron chi connectivity index (χ4n) is 1.92. The fraction of sp³-hybridized carbons (Fsp3) is 0.385. The molecule has 3 N–H and O–H groups in total. The first-order chi connectivity index (χ1) is 9.13. The average Bonchev–Trinajstić information content (AvgIpc) is 2.43. The third kappa shape index (κ3) is 2.78. The van der Waals surface area contributed by atoms with Crippen LogP contribution in [0.1, 0.15) is 23.7 Å². The van der Waals surface area contributed by atoms with Crippen molar-refractivity contribution in [1.82, 2.24) is 5.32 Å². The van der Waals surface area contributed by atoms with E-state index in [9.17, 15) is 9.59 Å². The van der Waals surface area contributed by atoms with Gasteiger partial charge in [0.05, 0.1) is 11.3 Å². The molecule has 0 fully saturated rings. The van der Waals surface area contributed by atoms with Gasteiger partial charge in [0.1, 0.15) is 12.6 Å². The average molecular weight is 264 g/mol. The van der Waals surface area contributed by atoms with Crippen LogP contribution in [0.4, 0.5) is 5.69 Å². The lowest BCUT2D eigenvalue weighted by molar-refractivity contribution is -0.139. The maximum atomic E-state index is 12.1.